The highest BCUT2D eigenvalue weighted by atomic mass is 32.5. The average molecular weight is 257 g/mol. The van der Waals surface area contributed by atoms with E-state index in [4.69, 9.17) is 30.6 Å². The number of nitriles is 1. The molecule has 0 saturated carbocycles. The van der Waals surface area contributed by atoms with Gasteiger partial charge in [0.1, 0.15) is 5.75 Å². The first kappa shape index (κ1) is 13.1. The first-order chi connectivity index (χ1) is 7.54. The number of rotatable bonds is 4. The quantitative estimate of drug-likeness (QED) is 0.776. The van der Waals surface area contributed by atoms with Gasteiger partial charge in [0.2, 0.25) is 0 Å². The summed E-state index contributed by atoms with van der Waals surface area (Å²) in [6.07, 6.45) is 0. The molecule has 0 aromatic heterocycles. The van der Waals surface area contributed by atoms with Gasteiger partial charge in [0.05, 0.1) is 11.6 Å². The first-order valence-electron chi connectivity index (χ1n) is 4.46. The summed E-state index contributed by atoms with van der Waals surface area (Å²) in [6, 6.07) is 7.16. The molecule has 0 aliphatic carbocycles. The number of hydrogen-bond acceptors (Lipinski definition) is 5. The Labute approximate surface area is 100 Å². The van der Waals surface area contributed by atoms with Crippen LogP contribution in [0.25, 0.3) is 0 Å². The Bertz CT molecular complexity index is 462. The summed E-state index contributed by atoms with van der Waals surface area (Å²) < 4.78 is 15.5. The summed E-state index contributed by atoms with van der Waals surface area (Å²) in [5.74, 6) is 0.520. The van der Waals surface area contributed by atoms with Crippen LogP contribution in [0.5, 0.6) is 5.75 Å². The highest BCUT2D eigenvalue weighted by molar-refractivity contribution is 8.07. The van der Waals surface area contributed by atoms with Gasteiger partial charge in [-0.2, -0.15) is 5.26 Å². The molecule has 0 fully saturated rings. The van der Waals surface area contributed by atoms with Crippen molar-refractivity contribution in [2.45, 2.75) is 6.92 Å². The highest BCUT2D eigenvalue weighted by Gasteiger charge is 2.19. The maximum atomic E-state index is 8.78. The third-order valence-electron chi connectivity index (χ3n) is 1.97. The van der Waals surface area contributed by atoms with Crippen LogP contribution < -0.4 is 4.52 Å². The SMILES string of the molecule is COP(=S)(OC)Oc1cc(C#N)ccc1C. The van der Waals surface area contributed by atoms with Gasteiger partial charge < -0.3 is 13.6 Å². The Morgan fingerprint density at radius 1 is 1.31 bits per heavy atom. The predicted molar refractivity (Wildman–Crippen MR) is 64.8 cm³/mol. The third-order valence-corrected chi connectivity index (χ3v) is 4.41. The van der Waals surface area contributed by atoms with Crippen LogP contribution >= 0.6 is 6.72 Å². The fraction of sp³-hybridized carbons (Fsp3) is 0.300. The molecule has 0 aliphatic heterocycles. The molecule has 0 aliphatic rings. The molecule has 0 spiro atoms. The highest BCUT2D eigenvalue weighted by Crippen LogP contribution is 2.48. The van der Waals surface area contributed by atoms with Crippen molar-refractivity contribution in [1.29, 1.82) is 5.26 Å². The number of benzene rings is 1. The molecule has 1 aromatic rings. The van der Waals surface area contributed by atoms with E-state index in [9.17, 15) is 0 Å². The van der Waals surface area contributed by atoms with E-state index in [-0.39, 0.29) is 0 Å². The Hall–Kier alpha value is -0.920. The minimum Gasteiger partial charge on any atom is -0.424 e. The van der Waals surface area contributed by atoms with Gasteiger partial charge in [0, 0.05) is 26.0 Å². The van der Waals surface area contributed by atoms with Crippen LogP contribution in [0.2, 0.25) is 0 Å². The molecule has 86 valence electrons. The van der Waals surface area contributed by atoms with Crippen LogP contribution in [-0.2, 0) is 20.9 Å². The van der Waals surface area contributed by atoms with Gasteiger partial charge in [-0.3, -0.25) is 0 Å². The van der Waals surface area contributed by atoms with Gasteiger partial charge in [0.15, 0.2) is 0 Å². The molecule has 0 heterocycles. The molecule has 16 heavy (non-hydrogen) atoms. The largest absolute Gasteiger partial charge is 0.424 e. The van der Waals surface area contributed by atoms with Gasteiger partial charge in [-0.1, -0.05) is 6.07 Å². The zero-order valence-corrected chi connectivity index (χ0v) is 11.0. The Balaban J connectivity index is 3.06. The van der Waals surface area contributed by atoms with E-state index in [0.717, 1.165) is 5.56 Å². The second kappa shape index (κ2) is 5.42. The second-order valence-electron chi connectivity index (χ2n) is 3.00. The molecule has 0 bridgehead atoms. The lowest BCUT2D eigenvalue weighted by molar-refractivity contribution is 0.272. The number of nitrogens with zero attached hydrogens (tertiary/aromatic N) is 1. The number of aryl methyl sites for hydroxylation is 1. The van der Waals surface area contributed by atoms with Crippen molar-refractivity contribution in [2.75, 3.05) is 14.2 Å². The molecule has 0 unspecified atom stereocenters. The van der Waals surface area contributed by atoms with E-state index >= 15 is 0 Å². The van der Waals surface area contributed by atoms with Crippen molar-refractivity contribution in [2.24, 2.45) is 0 Å². The fourth-order valence-electron chi connectivity index (χ4n) is 1.04. The molecule has 0 N–H and O–H groups in total. The van der Waals surface area contributed by atoms with Gasteiger partial charge in [-0.25, -0.2) is 0 Å². The Morgan fingerprint density at radius 3 is 2.44 bits per heavy atom. The maximum absolute atomic E-state index is 8.78. The van der Waals surface area contributed by atoms with E-state index in [1.165, 1.54) is 14.2 Å². The van der Waals surface area contributed by atoms with E-state index in [1.807, 2.05) is 13.0 Å². The van der Waals surface area contributed by atoms with Crippen molar-refractivity contribution in [3.8, 4) is 11.8 Å². The van der Waals surface area contributed by atoms with E-state index in [0.29, 0.717) is 11.3 Å². The van der Waals surface area contributed by atoms with Crippen molar-refractivity contribution in [1.82, 2.24) is 0 Å². The van der Waals surface area contributed by atoms with Crippen molar-refractivity contribution < 1.29 is 13.6 Å². The van der Waals surface area contributed by atoms with E-state index < -0.39 is 6.72 Å². The number of hydrogen-bond donors (Lipinski definition) is 0. The topological polar surface area (TPSA) is 51.5 Å². The Morgan fingerprint density at radius 2 is 1.94 bits per heavy atom. The minimum atomic E-state index is -2.74. The molecule has 0 saturated heterocycles. The summed E-state index contributed by atoms with van der Waals surface area (Å²) in [4.78, 5) is 0. The maximum Gasteiger partial charge on any atom is 0.380 e. The lowest BCUT2D eigenvalue weighted by atomic mass is 10.1. The normalized spacial score (nSPS) is 10.9. The monoisotopic (exact) mass is 257 g/mol. The molecular weight excluding hydrogens is 245 g/mol. The molecule has 1 aromatic carbocycles. The summed E-state index contributed by atoms with van der Waals surface area (Å²) in [6.45, 7) is -0.874. The average Bonchev–Trinajstić information content (AvgIpc) is 2.32. The standard InChI is InChI=1S/C10H12NO3PS/c1-8-4-5-9(7-11)6-10(8)14-15(16,12-2)13-3/h4-6H,1-3H3. The summed E-state index contributed by atoms with van der Waals surface area (Å²) >= 11 is 5.09. The third kappa shape index (κ3) is 3.03. The van der Waals surface area contributed by atoms with Crippen LogP contribution in [0.1, 0.15) is 11.1 Å². The van der Waals surface area contributed by atoms with Gasteiger partial charge in [-0.05, 0) is 24.6 Å². The second-order valence-corrected chi connectivity index (χ2v) is 6.14. The van der Waals surface area contributed by atoms with Crippen LogP contribution in [0.15, 0.2) is 18.2 Å². The first-order valence-corrected chi connectivity index (χ1v) is 7.02. The summed E-state index contributed by atoms with van der Waals surface area (Å²) in [7, 11) is 2.88. The lowest BCUT2D eigenvalue weighted by Crippen LogP contribution is -1.98. The fourth-order valence-corrected chi connectivity index (χ4v) is 2.01. The molecule has 0 amide bonds. The lowest BCUT2D eigenvalue weighted by Gasteiger charge is -2.19. The van der Waals surface area contributed by atoms with Crippen LogP contribution in [0.3, 0.4) is 0 Å². The van der Waals surface area contributed by atoms with Crippen LogP contribution in [0.4, 0.5) is 0 Å². The van der Waals surface area contributed by atoms with Crippen molar-refractivity contribution in [3.05, 3.63) is 29.3 Å². The van der Waals surface area contributed by atoms with Gasteiger partial charge >= 0.3 is 6.72 Å². The van der Waals surface area contributed by atoms with Crippen LogP contribution in [-0.4, -0.2) is 14.2 Å². The van der Waals surface area contributed by atoms with E-state index in [1.54, 1.807) is 18.2 Å². The molecule has 4 nitrogen and oxygen atoms in total. The summed E-state index contributed by atoms with van der Waals surface area (Å²) in [5, 5.41) is 8.78. The van der Waals surface area contributed by atoms with E-state index in [2.05, 4.69) is 0 Å². The molecule has 0 radical (unpaired) electrons. The Kier molecular flexibility index (Phi) is 4.45. The van der Waals surface area contributed by atoms with Gasteiger partial charge in [-0.15, -0.1) is 0 Å². The predicted octanol–water partition coefficient (Wildman–Crippen LogP) is 2.76. The summed E-state index contributed by atoms with van der Waals surface area (Å²) in [5.41, 5.74) is 1.39. The minimum absolute atomic E-state index is 0.509. The molecule has 1 rings (SSSR count). The van der Waals surface area contributed by atoms with Crippen LogP contribution in [0, 0.1) is 18.3 Å². The molecule has 0 atom stereocenters. The van der Waals surface area contributed by atoms with Crippen molar-refractivity contribution in [3.63, 3.8) is 0 Å². The van der Waals surface area contributed by atoms with Gasteiger partial charge in [0.25, 0.3) is 0 Å². The molecular formula is C10H12NO3PS. The zero-order valence-electron chi connectivity index (χ0n) is 9.26. The van der Waals surface area contributed by atoms with Crippen molar-refractivity contribution >= 4 is 18.5 Å². The smallest absolute Gasteiger partial charge is 0.380 e. The molecule has 6 heteroatoms. The zero-order chi connectivity index (χ0) is 12.2.